The van der Waals surface area contributed by atoms with Gasteiger partial charge in [0.25, 0.3) is 0 Å². The molecule has 2 aliphatic rings. The van der Waals surface area contributed by atoms with Gasteiger partial charge in [-0.2, -0.15) is 0 Å². The fraction of sp³-hybridized carbons (Fsp3) is 0.647. The van der Waals surface area contributed by atoms with Gasteiger partial charge in [-0.3, -0.25) is 0 Å². The van der Waals surface area contributed by atoms with Gasteiger partial charge in [0.05, 0.1) is 13.2 Å². The normalized spacial score (nSPS) is 25.9. The van der Waals surface area contributed by atoms with Crippen molar-refractivity contribution in [2.45, 2.75) is 39.0 Å². The first-order valence-corrected chi connectivity index (χ1v) is 7.50. The minimum atomic E-state index is 0.274. The van der Waals surface area contributed by atoms with Crippen LogP contribution < -0.4 is 5.32 Å². The van der Waals surface area contributed by atoms with Crippen molar-refractivity contribution in [1.82, 2.24) is 5.32 Å². The van der Waals surface area contributed by atoms with Crippen LogP contribution in [0.3, 0.4) is 0 Å². The van der Waals surface area contributed by atoms with Crippen LogP contribution in [0, 0.1) is 26.7 Å². The zero-order valence-corrected chi connectivity index (χ0v) is 12.4. The van der Waals surface area contributed by atoms with Crippen LogP contribution in [0.25, 0.3) is 0 Å². The van der Waals surface area contributed by atoms with E-state index in [4.69, 9.17) is 4.74 Å². The number of rotatable bonds is 2. The van der Waals surface area contributed by atoms with Crippen molar-refractivity contribution < 1.29 is 4.74 Å². The summed E-state index contributed by atoms with van der Waals surface area (Å²) in [7, 11) is 0. The summed E-state index contributed by atoms with van der Waals surface area (Å²) < 4.78 is 5.64. The summed E-state index contributed by atoms with van der Waals surface area (Å²) in [6.07, 6.45) is 2.64. The molecule has 0 radical (unpaired) electrons. The summed E-state index contributed by atoms with van der Waals surface area (Å²) in [4.78, 5) is 0. The fourth-order valence-corrected chi connectivity index (χ4v) is 3.75. The highest BCUT2D eigenvalue weighted by Gasteiger charge is 2.47. The van der Waals surface area contributed by atoms with Gasteiger partial charge in [-0.25, -0.2) is 0 Å². The van der Waals surface area contributed by atoms with Crippen molar-refractivity contribution >= 4 is 0 Å². The van der Waals surface area contributed by atoms with Crippen LogP contribution in [-0.2, 0) is 10.2 Å². The van der Waals surface area contributed by atoms with Crippen LogP contribution in [-0.4, -0.2) is 26.3 Å². The number of ether oxygens (including phenoxy) is 1. The second kappa shape index (κ2) is 4.92. The van der Waals surface area contributed by atoms with Crippen LogP contribution in [0.1, 0.15) is 35.1 Å². The maximum absolute atomic E-state index is 5.64. The summed E-state index contributed by atoms with van der Waals surface area (Å²) in [6.45, 7) is 10.8. The first-order valence-electron chi connectivity index (χ1n) is 7.50. The van der Waals surface area contributed by atoms with Gasteiger partial charge in [-0.1, -0.05) is 12.1 Å². The molecule has 1 aromatic carbocycles. The first-order chi connectivity index (χ1) is 9.13. The molecule has 2 fully saturated rings. The van der Waals surface area contributed by atoms with E-state index in [1.54, 1.807) is 0 Å². The Morgan fingerprint density at radius 2 is 1.84 bits per heavy atom. The van der Waals surface area contributed by atoms with Crippen molar-refractivity contribution in [3.05, 3.63) is 34.4 Å². The van der Waals surface area contributed by atoms with Crippen LogP contribution in [0.4, 0.5) is 0 Å². The zero-order chi connectivity index (χ0) is 13.5. The SMILES string of the molecule is Cc1cc(C)c(C2(C3CCCNC3)COC2)cc1C. The molecular weight excluding hydrogens is 234 g/mol. The lowest BCUT2D eigenvalue weighted by atomic mass is 9.65. The van der Waals surface area contributed by atoms with E-state index in [0.717, 1.165) is 25.7 Å². The van der Waals surface area contributed by atoms with Gasteiger partial charge in [0.1, 0.15) is 0 Å². The molecule has 104 valence electrons. The maximum Gasteiger partial charge on any atom is 0.0588 e. The van der Waals surface area contributed by atoms with Crippen molar-refractivity contribution in [3.8, 4) is 0 Å². The Morgan fingerprint density at radius 3 is 2.42 bits per heavy atom. The standard InChI is InChI=1S/C17H25NO/c1-12-7-14(3)16(8-13(12)2)17(10-19-11-17)15-5-4-6-18-9-15/h7-8,15,18H,4-6,9-11H2,1-3H3. The van der Waals surface area contributed by atoms with E-state index in [9.17, 15) is 0 Å². The molecule has 0 aliphatic carbocycles. The summed E-state index contributed by atoms with van der Waals surface area (Å²) in [5.74, 6) is 0.732. The number of hydrogen-bond acceptors (Lipinski definition) is 2. The Morgan fingerprint density at radius 1 is 1.11 bits per heavy atom. The van der Waals surface area contributed by atoms with E-state index in [2.05, 4.69) is 38.2 Å². The topological polar surface area (TPSA) is 21.3 Å². The Hall–Kier alpha value is -0.860. The average molecular weight is 259 g/mol. The molecule has 1 atom stereocenters. The molecule has 0 bridgehead atoms. The lowest BCUT2D eigenvalue weighted by Crippen LogP contribution is -2.56. The van der Waals surface area contributed by atoms with Gasteiger partial charge >= 0.3 is 0 Å². The first kappa shape index (κ1) is 13.1. The van der Waals surface area contributed by atoms with E-state index in [1.807, 2.05) is 0 Å². The van der Waals surface area contributed by atoms with E-state index in [-0.39, 0.29) is 5.41 Å². The summed E-state index contributed by atoms with van der Waals surface area (Å²) in [6, 6.07) is 4.77. The molecule has 1 N–H and O–H groups in total. The third kappa shape index (κ3) is 2.11. The van der Waals surface area contributed by atoms with Crippen molar-refractivity contribution in [1.29, 1.82) is 0 Å². The van der Waals surface area contributed by atoms with Crippen molar-refractivity contribution in [2.75, 3.05) is 26.3 Å². The summed E-state index contributed by atoms with van der Waals surface area (Å²) >= 11 is 0. The molecule has 2 saturated heterocycles. The van der Waals surface area contributed by atoms with Gasteiger partial charge in [-0.15, -0.1) is 0 Å². The molecule has 2 nitrogen and oxygen atoms in total. The lowest BCUT2D eigenvalue weighted by Gasteiger charge is -2.50. The molecule has 2 heterocycles. The molecule has 2 heteroatoms. The van der Waals surface area contributed by atoms with E-state index < -0.39 is 0 Å². The smallest absolute Gasteiger partial charge is 0.0588 e. The van der Waals surface area contributed by atoms with Crippen LogP contribution in [0.2, 0.25) is 0 Å². The monoisotopic (exact) mass is 259 g/mol. The predicted molar refractivity (Wildman–Crippen MR) is 78.7 cm³/mol. The number of piperidine rings is 1. The van der Waals surface area contributed by atoms with E-state index in [1.165, 1.54) is 41.6 Å². The van der Waals surface area contributed by atoms with Crippen LogP contribution in [0.5, 0.6) is 0 Å². The average Bonchev–Trinajstić information content (AvgIpc) is 2.35. The Kier molecular flexibility index (Phi) is 3.40. The predicted octanol–water partition coefficient (Wildman–Crippen LogP) is 2.88. The number of aryl methyl sites for hydroxylation is 3. The lowest BCUT2D eigenvalue weighted by molar-refractivity contribution is -0.0950. The number of hydrogen-bond donors (Lipinski definition) is 1. The number of benzene rings is 1. The third-order valence-electron chi connectivity index (χ3n) is 5.17. The largest absolute Gasteiger partial charge is 0.379 e. The molecule has 0 saturated carbocycles. The van der Waals surface area contributed by atoms with Gasteiger partial charge in [-0.05, 0) is 74.9 Å². The minimum absolute atomic E-state index is 0.274. The van der Waals surface area contributed by atoms with Crippen molar-refractivity contribution in [2.24, 2.45) is 5.92 Å². The highest BCUT2D eigenvalue weighted by atomic mass is 16.5. The Balaban J connectivity index is 1.99. The quantitative estimate of drug-likeness (QED) is 0.882. The maximum atomic E-state index is 5.64. The summed E-state index contributed by atoms with van der Waals surface area (Å²) in [5, 5.41) is 3.57. The molecule has 19 heavy (non-hydrogen) atoms. The Bertz CT molecular complexity index is 470. The second-order valence-electron chi connectivity index (χ2n) is 6.44. The molecule has 0 amide bonds. The zero-order valence-electron chi connectivity index (χ0n) is 12.4. The van der Waals surface area contributed by atoms with Gasteiger partial charge in [0, 0.05) is 5.41 Å². The third-order valence-corrected chi connectivity index (χ3v) is 5.17. The molecule has 2 aliphatic heterocycles. The highest BCUT2D eigenvalue weighted by Crippen LogP contribution is 2.44. The molecule has 0 aromatic heterocycles. The van der Waals surface area contributed by atoms with Gasteiger partial charge < -0.3 is 10.1 Å². The van der Waals surface area contributed by atoms with Gasteiger partial charge in [0.15, 0.2) is 0 Å². The fourth-order valence-electron chi connectivity index (χ4n) is 3.75. The summed E-state index contributed by atoms with van der Waals surface area (Å²) in [5.41, 5.74) is 6.07. The molecule has 1 unspecified atom stereocenters. The van der Waals surface area contributed by atoms with Crippen LogP contribution >= 0.6 is 0 Å². The number of nitrogens with one attached hydrogen (secondary N) is 1. The molecule has 1 aromatic rings. The van der Waals surface area contributed by atoms with Crippen LogP contribution in [0.15, 0.2) is 12.1 Å². The molecular formula is C17H25NO. The highest BCUT2D eigenvalue weighted by molar-refractivity contribution is 5.43. The minimum Gasteiger partial charge on any atom is -0.379 e. The molecule has 0 spiro atoms. The van der Waals surface area contributed by atoms with Crippen molar-refractivity contribution in [3.63, 3.8) is 0 Å². The molecule has 3 rings (SSSR count). The van der Waals surface area contributed by atoms with E-state index in [0.29, 0.717) is 0 Å². The van der Waals surface area contributed by atoms with Gasteiger partial charge in [0.2, 0.25) is 0 Å². The Labute approximate surface area is 116 Å². The van der Waals surface area contributed by atoms with E-state index >= 15 is 0 Å². The second-order valence-corrected chi connectivity index (χ2v) is 6.44.